The monoisotopic (exact) mass is 434 g/mol. The molecule has 0 spiro atoms. The van der Waals surface area contributed by atoms with Gasteiger partial charge in [-0.25, -0.2) is 4.68 Å². The fourth-order valence-corrected chi connectivity index (χ4v) is 4.44. The largest absolute Gasteiger partial charge is 0.491 e. The predicted molar refractivity (Wildman–Crippen MR) is 115 cm³/mol. The normalized spacial score (nSPS) is 22.0. The van der Waals surface area contributed by atoms with Crippen LogP contribution in [0, 0.1) is 0 Å². The number of carbonyl (C=O) groups excluding carboxylic acids is 1. The summed E-state index contributed by atoms with van der Waals surface area (Å²) >= 11 is 0. The lowest BCUT2D eigenvalue weighted by molar-refractivity contribution is 0.0640. The molecule has 10 heteroatoms. The molecule has 0 bridgehead atoms. The van der Waals surface area contributed by atoms with Gasteiger partial charge in [-0.1, -0.05) is 41.6 Å². The highest BCUT2D eigenvalue weighted by atomic mass is 16.5. The summed E-state index contributed by atoms with van der Waals surface area (Å²) in [5.41, 5.74) is 1.26. The third-order valence-electron chi connectivity index (χ3n) is 5.93. The first-order valence-corrected chi connectivity index (χ1v) is 10.2. The number of carbonyl (C=O) groups is 1. The molecule has 0 radical (unpaired) electrons. The molecule has 2 aromatic heterocycles. The maximum absolute atomic E-state index is 13.2. The van der Waals surface area contributed by atoms with Gasteiger partial charge in [0.1, 0.15) is 11.9 Å². The van der Waals surface area contributed by atoms with Crippen molar-refractivity contribution in [2.45, 2.75) is 24.9 Å². The molecule has 3 aromatic rings. The van der Waals surface area contributed by atoms with Crippen molar-refractivity contribution in [3.63, 3.8) is 0 Å². The Hall–Kier alpha value is -3.92. The molecule has 1 N–H and O–H groups in total. The zero-order valence-electron chi connectivity index (χ0n) is 17.6. The van der Waals surface area contributed by atoms with Gasteiger partial charge in [-0.2, -0.15) is 0 Å². The van der Waals surface area contributed by atoms with Gasteiger partial charge in [0.15, 0.2) is 11.4 Å². The van der Waals surface area contributed by atoms with E-state index in [9.17, 15) is 14.7 Å². The number of amides is 1. The summed E-state index contributed by atoms with van der Waals surface area (Å²) in [6.45, 7) is -0.211. The lowest BCUT2D eigenvalue weighted by atomic mass is 9.93. The maximum Gasteiger partial charge on any atom is 0.278 e. The molecule has 1 amide bonds. The number of aromatic nitrogens is 4. The van der Waals surface area contributed by atoms with Gasteiger partial charge in [0, 0.05) is 19.3 Å². The van der Waals surface area contributed by atoms with Crippen molar-refractivity contribution in [3.05, 3.63) is 88.1 Å². The molecule has 2 aliphatic heterocycles. The van der Waals surface area contributed by atoms with E-state index in [1.807, 2.05) is 47.5 Å². The number of hydrogen-bond acceptors (Lipinski definition) is 7. The number of aliphatic hydroxyl groups is 1. The number of pyridine rings is 1. The number of fused-ring (bicyclic) bond motifs is 3. The van der Waals surface area contributed by atoms with Gasteiger partial charge in [0.05, 0.1) is 32.0 Å². The van der Waals surface area contributed by atoms with Crippen LogP contribution in [-0.4, -0.2) is 55.9 Å². The van der Waals surface area contributed by atoms with Gasteiger partial charge in [0.2, 0.25) is 5.43 Å². The molecule has 1 aromatic carbocycles. The Balaban J connectivity index is 1.75. The predicted octanol–water partition coefficient (Wildman–Crippen LogP) is 0.843. The molecule has 10 nitrogen and oxygen atoms in total. The summed E-state index contributed by atoms with van der Waals surface area (Å²) in [6, 6.07) is 10.7. The van der Waals surface area contributed by atoms with E-state index in [0.717, 1.165) is 5.56 Å². The Morgan fingerprint density at radius 3 is 2.59 bits per heavy atom. The lowest BCUT2D eigenvalue weighted by Crippen LogP contribution is -2.62. The average molecular weight is 434 g/mol. The molecule has 3 atom stereocenters. The zero-order valence-corrected chi connectivity index (χ0v) is 17.6. The highest BCUT2D eigenvalue weighted by Gasteiger charge is 2.45. The Labute approximate surface area is 183 Å². The second-order valence-electron chi connectivity index (χ2n) is 7.70. The van der Waals surface area contributed by atoms with Gasteiger partial charge >= 0.3 is 0 Å². The minimum absolute atomic E-state index is 0.00374. The number of rotatable bonds is 4. The number of nitrogens with zero attached hydrogens (tertiary/aromatic N) is 6. The van der Waals surface area contributed by atoms with Crippen molar-refractivity contribution in [1.82, 2.24) is 24.6 Å². The summed E-state index contributed by atoms with van der Waals surface area (Å²) < 4.78 is 8.73. The van der Waals surface area contributed by atoms with Crippen molar-refractivity contribution in [2.75, 3.05) is 19.2 Å². The Morgan fingerprint density at radius 1 is 1.12 bits per heavy atom. The van der Waals surface area contributed by atoms with Crippen molar-refractivity contribution in [3.8, 4) is 5.75 Å². The third-order valence-corrected chi connectivity index (χ3v) is 5.93. The first kappa shape index (κ1) is 20.0. The molecule has 2 aliphatic rings. The van der Waals surface area contributed by atoms with Crippen LogP contribution in [-0.2, 0) is 6.61 Å². The van der Waals surface area contributed by atoms with Crippen LogP contribution in [0.4, 0.5) is 0 Å². The van der Waals surface area contributed by atoms with Crippen LogP contribution in [0.3, 0.4) is 0 Å². The number of aliphatic hydroxyl groups excluding tert-OH is 1. The molecular formula is C22H22N6O4. The van der Waals surface area contributed by atoms with Crippen LogP contribution >= 0.6 is 0 Å². The van der Waals surface area contributed by atoms with Gasteiger partial charge in [-0.05, 0) is 11.6 Å². The van der Waals surface area contributed by atoms with Crippen molar-refractivity contribution < 1.29 is 14.6 Å². The quantitative estimate of drug-likeness (QED) is 0.607. The number of hydrogen-bond donors (Lipinski definition) is 1. The maximum atomic E-state index is 13.2. The van der Waals surface area contributed by atoms with Crippen LogP contribution in [0.15, 0.2) is 65.7 Å². The van der Waals surface area contributed by atoms with Crippen LogP contribution in [0.25, 0.3) is 0 Å². The van der Waals surface area contributed by atoms with Gasteiger partial charge < -0.3 is 14.7 Å². The van der Waals surface area contributed by atoms with Gasteiger partial charge in [0.25, 0.3) is 5.91 Å². The Bertz CT molecular complexity index is 1250. The smallest absolute Gasteiger partial charge is 0.278 e. The fraction of sp³-hybridized carbons (Fsp3) is 0.273. The minimum Gasteiger partial charge on any atom is -0.491 e. The highest BCUT2D eigenvalue weighted by Crippen LogP contribution is 2.40. The number of benzene rings is 1. The first-order chi connectivity index (χ1) is 15.5. The molecule has 0 saturated carbocycles. The molecule has 0 unspecified atom stereocenters. The van der Waals surface area contributed by atoms with Crippen molar-refractivity contribution in [1.29, 1.82) is 0 Å². The van der Waals surface area contributed by atoms with Crippen LogP contribution in [0.2, 0.25) is 0 Å². The number of ether oxygens (including phenoxy) is 1. The lowest BCUT2D eigenvalue weighted by Gasteiger charge is -2.51. The topological polar surface area (TPSA) is 106 Å². The van der Waals surface area contributed by atoms with E-state index >= 15 is 0 Å². The van der Waals surface area contributed by atoms with Crippen LogP contribution in [0.1, 0.15) is 33.8 Å². The van der Waals surface area contributed by atoms with E-state index in [4.69, 9.17) is 4.74 Å². The standard InChI is InChI=1S/C22H22N6O4/c1-25-18-9-8-16(26-12-15(13-29)23-24-26)19(14-6-4-3-5-7-14)28(18)27-11-10-17(30)21(32-2)20(27)22(25)31/h3-12,16,18-19,29H,13H2,1-2H3/t16-,18-,19+/m0/s1. The molecule has 4 heterocycles. The van der Waals surface area contributed by atoms with Crippen molar-refractivity contribution in [2.24, 2.45) is 0 Å². The SMILES string of the molecule is COc1c2n(ccc1=O)N1[C@H](c3ccccc3)[C@@H](n3cc(CO)nn3)C=C[C@H]1N(C)C2=O. The molecule has 0 fully saturated rings. The Kier molecular flexibility index (Phi) is 4.78. The van der Waals surface area contributed by atoms with Crippen LogP contribution in [0.5, 0.6) is 5.75 Å². The number of methoxy groups -OCH3 is 1. The molecule has 32 heavy (non-hydrogen) atoms. The second-order valence-corrected chi connectivity index (χ2v) is 7.70. The number of likely N-dealkylation sites (N-methyl/N-ethyl adjacent to an activating group) is 1. The van der Waals surface area contributed by atoms with E-state index in [2.05, 4.69) is 10.3 Å². The summed E-state index contributed by atoms with van der Waals surface area (Å²) in [7, 11) is 3.09. The summed E-state index contributed by atoms with van der Waals surface area (Å²) in [5.74, 6) is -0.303. The minimum atomic E-state index is -0.399. The molecule has 0 aliphatic carbocycles. The van der Waals surface area contributed by atoms with E-state index in [1.54, 1.807) is 33.7 Å². The first-order valence-electron chi connectivity index (χ1n) is 10.2. The second kappa shape index (κ2) is 7.65. The van der Waals surface area contributed by atoms with Crippen molar-refractivity contribution >= 4 is 5.91 Å². The third kappa shape index (κ3) is 2.91. The molecule has 5 rings (SSSR count). The van der Waals surface area contributed by atoms with Gasteiger partial charge in [-0.3, -0.25) is 19.3 Å². The molecule has 0 saturated heterocycles. The summed E-state index contributed by atoms with van der Waals surface area (Å²) in [4.78, 5) is 27.2. The summed E-state index contributed by atoms with van der Waals surface area (Å²) in [5, 5.41) is 19.7. The molecule has 164 valence electrons. The van der Waals surface area contributed by atoms with E-state index in [-0.39, 0.29) is 41.5 Å². The Morgan fingerprint density at radius 2 is 1.91 bits per heavy atom. The zero-order chi connectivity index (χ0) is 22.4. The van der Waals surface area contributed by atoms with E-state index in [1.165, 1.54) is 13.2 Å². The van der Waals surface area contributed by atoms with E-state index in [0.29, 0.717) is 5.69 Å². The average Bonchev–Trinajstić information content (AvgIpc) is 3.31. The van der Waals surface area contributed by atoms with Crippen LogP contribution < -0.4 is 15.2 Å². The molecular weight excluding hydrogens is 412 g/mol. The fourth-order valence-electron chi connectivity index (χ4n) is 4.44. The van der Waals surface area contributed by atoms with E-state index < -0.39 is 6.17 Å². The van der Waals surface area contributed by atoms with Gasteiger partial charge in [-0.15, -0.1) is 5.10 Å². The highest BCUT2D eigenvalue weighted by molar-refractivity contribution is 5.96. The summed E-state index contributed by atoms with van der Waals surface area (Å²) in [6.07, 6.45) is 6.82.